The van der Waals surface area contributed by atoms with Gasteiger partial charge in [0.1, 0.15) is 0 Å². The van der Waals surface area contributed by atoms with Gasteiger partial charge in [0, 0.05) is 37.0 Å². The summed E-state index contributed by atoms with van der Waals surface area (Å²) in [6.07, 6.45) is 7.64. The van der Waals surface area contributed by atoms with Crippen LogP contribution < -0.4 is 0 Å². The van der Waals surface area contributed by atoms with Crippen molar-refractivity contribution < 1.29 is 4.79 Å². The van der Waals surface area contributed by atoms with Crippen molar-refractivity contribution in [2.75, 3.05) is 19.6 Å². The van der Waals surface area contributed by atoms with E-state index in [1.54, 1.807) is 0 Å². The van der Waals surface area contributed by atoms with Crippen molar-refractivity contribution in [1.82, 2.24) is 9.47 Å². The first-order valence-electron chi connectivity index (χ1n) is 6.78. The Kier molecular flexibility index (Phi) is 3.02. The lowest BCUT2D eigenvalue weighted by atomic mass is 9.97. The van der Waals surface area contributed by atoms with Crippen LogP contribution in [0, 0.1) is 0 Å². The molecule has 2 heterocycles. The number of fused-ring (bicyclic) bond motifs is 1. The Morgan fingerprint density at radius 2 is 1.88 bits per heavy atom. The second-order valence-corrected chi connectivity index (χ2v) is 5.19. The third-order valence-electron chi connectivity index (χ3n) is 4.05. The lowest BCUT2D eigenvalue weighted by Crippen LogP contribution is -2.25. The minimum atomic E-state index is 0.339. The molecule has 3 rings (SSSR count). The van der Waals surface area contributed by atoms with Crippen LogP contribution in [-0.2, 0) is 13.0 Å². The number of hydrogen-bond acceptors (Lipinski definition) is 2. The molecule has 3 nitrogen and oxygen atoms in total. The highest BCUT2D eigenvalue weighted by Gasteiger charge is 2.20. The molecule has 0 spiro atoms. The topological polar surface area (TPSA) is 25.2 Å². The average molecular weight is 232 g/mol. The van der Waals surface area contributed by atoms with Crippen LogP contribution in [0.1, 0.15) is 41.7 Å². The van der Waals surface area contributed by atoms with E-state index in [-0.39, 0.29) is 0 Å². The molecule has 0 aromatic carbocycles. The van der Waals surface area contributed by atoms with Gasteiger partial charge in [-0.2, -0.15) is 0 Å². The molecule has 17 heavy (non-hydrogen) atoms. The number of likely N-dealkylation sites (tertiary alicyclic amines) is 1. The van der Waals surface area contributed by atoms with Crippen molar-refractivity contribution in [2.24, 2.45) is 0 Å². The summed E-state index contributed by atoms with van der Waals surface area (Å²) in [5, 5.41) is 0. The average Bonchev–Trinajstić information content (AvgIpc) is 2.95. The van der Waals surface area contributed by atoms with E-state index in [0.29, 0.717) is 5.78 Å². The molecule has 1 aromatic heterocycles. The van der Waals surface area contributed by atoms with Crippen LogP contribution in [0.3, 0.4) is 0 Å². The molecule has 0 unspecified atom stereocenters. The number of aromatic nitrogens is 1. The van der Waals surface area contributed by atoms with E-state index in [1.165, 1.54) is 31.6 Å². The standard InChI is InChI=1S/C14H20N2O/c17-14-5-3-4-13-12(14)6-9-16(13)11-10-15-7-1-2-8-15/h6,9H,1-5,7-8,10-11H2. The van der Waals surface area contributed by atoms with Gasteiger partial charge in [0.05, 0.1) is 0 Å². The van der Waals surface area contributed by atoms with Gasteiger partial charge >= 0.3 is 0 Å². The summed E-state index contributed by atoms with van der Waals surface area (Å²) in [5.74, 6) is 0.339. The van der Waals surface area contributed by atoms with E-state index < -0.39 is 0 Å². The second-order valence-electron chi connectivity index (χ2n) is 5.19. The first-order chi connectivity index (χ1) is 8.34. The van der Waals surface area contributed by atoms with Gasteiger partial charge in [-0.05, 0) is 44.8 Å². The van der Waals surface area contributed by atoms with E-state index in [0.717, 1.165) is 37.9 Å². The van der Waals surface area contributed by atoms with Crippen LogP contribution in [0.2, 0.25) is 0 Å². The molecule has 92 valence electrons. The van der Waals surface area contributed by atoms with Crippen molar-refractivity contribution in [1.29, 1.82) is 0 Å². The largest absolute Gasteiger partial charge is 0.349 e. The molecule has 2 aliphatic rings. The summed E-state index contributed by atoms with van der Waals surface area (Å²) in [6, 6.07) is 2.01. The predicted octanol–water partition coefficient (Wildman–Crippen LogP) is 2.10. The quantitative estimate of drug-likeness (QED) is 0.797. The molecule has 0 saturated carbocycles. The zero-order valence-corrected chi connectivity index (χ0v) is 10.3. The Hall–Kier alpha value is -1.09. The number of hydrogen-bond donors (Lipinski definition) is 0. The highest BCUT2D eigenvalue weighted by atomic mass is 16.1. The van der Waals surface area contributed by atoms with Gasteiger partial charge in [-0.15, -0.1) is 0 Å². The fourth-order valence-corrected chi connectivity index (χ4v) is 3.05. The monoisotopic (exact) mass is 232 g/mol. The Morgan fingerprint density at radius 1 is 1.06 bits per heavy atom. The molecule has 0 amide bonds. The van der Waals surface area contributed by atoms with Crippen LogP contribution >= 0.6 is 0 Å². The first kappa shape index (κ1) is 11.0. The van der Waals surface area contributed by atoms with E-state index >= 15 is 0 Å². The van der Waals surface area contributed by atoms with Gasteiger partial charge in [0.25, 0.3) is 0 Å². The third-order valence-corrected chi connectivity index (χ3v) is 4.05. The molecule has 1 aliphatic heterocycles. The fraction of sp³-hybridized carbons (Fsp3) is 0.643. The van der Waals surface area contributed by atoms with Crippen molar-refractivity contribution in [3.63, 3.8) is 0 Å². The SMILES string of the molecule is O=C1CCCc2c1ccn2CCN1CCCC1. The summed E-state index contributed by atoms with van der Waals surface area (Å²) in [7, 11) is 0. The third kappa shape index (κ3) is 2.16. The van der Waals surface area contributed by atoms with Crippen LogP contribution in [0.15, 0.2) is 12.3 Å². The number of carbonyl (C=O) groups excluding carboxylic acids is 1. The molecular weight excluding hydrogens is 212 g/mol. The molecule has 0 radical (unpaired) electrons. The molecule has 0 bridgehead atoms. The van der Waals surface area contributed by atoms with E-state index in [2.05, 4.69) is 15.7 Å². The van der Waals surface area contributed by atoms with Crippen LogP contribution in [0.5, 0.6) is 0 Å². The van der Waals surface area contributed by atoms with Gasteiger partial charge in [0.2, 0.25) is 0 Å². The molecule has 0 N–H and O–H groups in total. The van der Waals surface area contributed by atoms with Crippen molar-refractivity contribution in [2.45, 2.75) is 38.6 Å². The molecule has 1 fully saturated rings. The number of Topliss-reactive ketones (excluding diaryl/α,β-unsaturated/α-hetero) is 1. The van der Waals surface area contributed by atoms with E-state index in [4.69, 9.17) is 0 Å². The lowest BCUT2D eigenvalue weighted by Gasteiger charge is -2.18. The number of nitrogens with zero attached hydrogens (tertiary/aromatic N) is 2. The normalized spacial score (nSPS) is 20.8. The number of carbonyl (C=O) groups is 1. The molecule has 3 heteroatoms. The lowest BCUT2D eigenvalue weighted by molar-refractivity contribution is 0.0971. The summed E-state index contributed by atoms with van der Waals surface area (Å²) < 4.78 is 2.30. The Bertz CT molecular complexity index is 416. The minimum absolute atomic E-state index is 0.339. The highest BCUT2D eigenvalue weighted by Crippen LogP contribution is 2.22. The fourth-order valence-electron chi connectivity index (χ4n) is 3.05. The second kappa shape index (κ2) is 4.65. The zero-order chi connectivity index (χ0) is 11.7. The van der Waals surface area contributed by atoms with Gasteiger partial charge in [-0.25, -0.2) is 0 Å². The molecule has 1 aliphatic carbocycles. The maximum absolute atomic E-state index is 11.7. The summed E-state index contributed by atoms with van der Waals surface area (Å²) in [5.41, 5.74) is 2.26. The van der Waals surface area contributed by atoms with E-state index in [1.807, 2.05) is 6.07 Å². The smallest absolute Gasteiger partial charge is 0.164 e. The maximum atomic E-state index is 11.7. The van der Waals surface area contributed by atoms with Crippen LogP contribution in [0.25, 0.3) is 0 Å². The summed E-state index contributed by atoms with van der Waals surface area (Å²) in [4.78, 5) is 14.3. The van der Waals surface area contributed by atoms with E-state index in [9.17, 15) is 4.79 Å². The summed E-state index contributed by atoms with van der Waals surface area (Å²) >= 11 is 0. The molecule has 1 saturated heterocycles. The molecular formula is C14H20N2O. The van der Waals surface area contributed by atoms with Gasteiger partial charge in [-0.1, -0.05) is 0 Å². The molecule has 0 atom stereocenters. The predicted molar refractivity (Wildman–Crippen MR) is 67.4 cm³/mol. The van der Waals surface area contributed by atoms with Crippen LogP contribution in [-0.4, -0.2) is 34.9 Å². The maximum Gasteiger partial charge on any atom is 0.164 e. The summed E-state index contributed by atoms with van der Waals surface area (Å²) in [6.45, 7) is 4.68. The highest BCUT2D eigenvalue weighted by molar-refractivity contribution is 5.98. The number of ketones is 1. The Labute approximate surface area is 102 Å². The zero-order valence-electron chi connectivity index (χ0n) is 10.3. The van der Waals surface area contributed by atoms with Gasteiger partial charge < -0.3 is 9.47 Å². The Balaban J connectivity index is 1.68. The van der Waals surface area contributed by atoms with Crippen LogP contribution in [0.4, 0.5) is 0 Å². The minimum Gasteiger partial charge on any atom is -0.349 e. The van der Waals surface area contributed by atoms with Crippen molar-refractivity contribution in [3.05, 3.63) is 23.5 Å². The first-order valence-corrected chi connectivity index (χ1v) is 6.78. The van der Waals surface area contributed by atoms with Crippen molar-refractivity contribution in [3.8, 4) is 0 Å². The van der Waals surface area contributed by atoms with Crippen molar-refractivity contribution >= 4 is 5.78 Å². The number of rotatable bonds is 3. The Morgan fingerprint density at radius 3 is 2.71 bits per heavy atom. The van der Waals surface area contributed by atoms with Gasteiger partial charge in [-0.3, -0.25) is 4.79 Å². The molecule has 1 aromatic rings. The van der Waals surface area contributed by atoms with Gasteiger partial charge in [0.15, 0.2) is 5.78 Å².